The van der Waals surface area contributed by atoms with Gasteiger partial charge in [-0.05, 0) is 33.2 Å². The summed E-state index contributed by atoms with van der Waals surface area (Å²) in [6, 6.07) is 0.244. The predicted molar refractivity (Wildman–Crippen MR) is 70.7 cm³/mol. The number of rotatable bonds is 4. The van der Waals surface area contributed by atoms with Gasteiger partial charge in [0, 0.05) is 6.04 Å². The predicted octanol–water partition coefficient (Wildman–Crippen LogP) is 2.21. The number of oxazole rings is 1. The molecular formula is C14H22N2O3. The maximum absolute atomic E-state index is 11.4. The molecule has 0 bridgehead atoms. The van der Waals surface area contributed by atoms with Gasteiger partial charge in [0.05, 0.1) is 25.8 Å². The molecule has 2 heterocycles. The molecule has 19 heavy (non-hydrogen) atoms. The van der Waals surface area contributed by atoms with Gasteiger partial charge in [0.25, 0.3) is 0 Å². The Kier molecular flexibility index (Phi) is 4.58. The minimum Gasteiger partial charge on any atom is -0.469 e. The Morgan fingerprint density at radius 2 is 2.26 bits per heavy atom. The van der Waals surface area contributed by atoms with E-state index < -0.39 is 0 Å². The Bertz CT molecular complexity index is 422. The summed E-state index contributed by atoms with van der Waals surface area (Å²) in [5.41, 5.74) is 0.941. The summed E-state index contributed by atoms with van der Waals surface area (Å²) in [6.07, 6.45) is 3.82. The largest absolute Gasteiger partial charge is 0.469 e. The molecule has 1 saturated heterocycles. The topological polar surface area (TPSA) is 55.6 Å². The van der Waals surface area contributed by atoms with Crippen LogP contribution >= 0.6 is 0 Å². The third kappa shape index (κ3) is 3.56. The van der Waals surface area contributed by atoms with Crippen LogP contribution in [-0.2, 0) is 16.1 Å². The minimum absolute atomic E-state index is 0.142. The summed E-state index contributed by atoms with van der Waals surface area (Å²) < 4.78 is 10.4. The van der Waals surface area contributed by atoms with E-state index >= 15 is 0 Å². The molecule has 2 rings (SSSR count). The number of piperidine rings is 1. The number of aryl methyl sites for hydroxylation is 2. The zero-order valence-corrected chi connectivity index (χ0v) is 11.9. The second-order valence-corrected chi connectivity index (χ2v) is 5.15. The fourth-order valence-corrected chi connectivity index (χ4v) is 2.56. The summed E-state index contributed by atoms with van der Waals surface area (Å²) in [5.74, 6) is 1.47. The quantitative estimate of drug-likeness (QED) is 0.782. The van der Waals surface area contributed by atoms with E-state index in [1.165, 1.54) is 13.5 Å². The van der Waals surface area contributed by atoms with E-state index in [0.717, 1.165) is 36.7 Å². The Hall–Kier alpha value is -1.36. The van der Waals surface area contributed by atoms with Gasteiger partial charge in [-0.25, -0.2) is 4.98 Å². The molecule has 1 aromatic rings. The number of aromatic nitrogens is 1. The Balaban J connectivity index is 2.00. The maximum atomic E-state index is 11.4. The first kappa shape index (κ1) is 14.1. The number of hydrogen-bond acceptors (Lipinski definition) is 5. The summed E-state index contributed by atoms with van der Waals surface area (Å²) in [5, 5.41) is 0. The lowest BCUT2D eigenvalue weighted by Crippen LogP contribution is -2.40. The lowest BCUT2D eigenvalue weighted by Gasteiger charge is -2.34. The zero-order chi connectivity index (χ0) is 13.8. The molecule has 1 unspecified atom stereocenters. The van der Waals surface area contributed by atoms with Gasteiger partial charge in [-0.15, -0.1) is 0 Å². The van der Waals surface area contributed by atoms with Crippen molar-refractivity contribution in [1.82, 2.24) is 9.88 Å². The highest BCUT2D eigenvalue weighted by atomic mass is 16.5. The first-order valence-corrected chi connectivity index (χ1v) is 6.84. The number of nitrogens with zero attached hydrogens (tertiary/aromatic N) is 2. The number of ether oxygens (including phenoxy) is 1. The average molecular weight is 266 g/mol. The second kappa shape index (κ2) is 6.19. The lowest BCUT2D eigenvalue weighted by molar-refractivity contribution is -0.142. The van der Waals surface area contributed by atoms with Gasteiger partial charge < -0.3 is 9.15 Å². The van der Waals surface area contributed by atoms with Crippen LogP contribution in [0.1, 0.15) is 43.0 Å². The van der Waals surface area contributed by atoms with Crippen molar-refractivity contribution < 1.29 is 13.9 Å². The van der Waals surface area contributed by atoms with Crippen molar-refractivity contribution in [1.29, 1.82) is 0 Å². The van der Waals surface area contributed by atoms with Gasteiger partial charge in [-0.2, -0.15) is 0 Å². The normalized spacial score (nSPS) is 20.5. The van der Waals surface area contributed by atoms with Gasteiger partial charge in [-0.1, -0.05) is 6.42 Å². The van der Waals surface area contributed by atoms with Gasteiger partial charge in [0.15, 0.2) is 0 Å². The van der Waals surface area contributed by atoms with E-state index in [1.54, 1.807) is 0 Å². The van der Waals surface area contributed by atoms with E-state index in [2.05, 4.69) is 9.88 Å². The molecule has 1 fully saturated rings. The maximum Gasteiger partial charge on any atom is 0.307 e. The number of carbonyl (C=O) groups excluding carboxylic acids is 1. The fraction of sp³-hybridized carbons (Fsp3) is 0.714. The van der Waals surface area contributed by atoms with Crippen molar-refractivity contribution in [3.05, 3.63) is 17.3 Å². The number of methoxy groups -OCH3 is 1. The van der Waals surface area contributed by atoms with Crippen LogP contribution in [0.25, 0.3) is 0 Å². The van der Waals surface area contributed by atoms with E-state index in [4.69, 9.17) is 9.15 Å². The lowest BCUT2D eigenvalue weighted by atomic mass is 9.99. The zero-order valence-electron chi connectivity index (χ0n) is 11.9. The van der Waals surface area contributed by atoms with Gasteiger partial charge in [0.2, 0.25) is 5.89 Å². The molecule has 5 nitrogen and oxygen atoms in total. The Morgan fingerprint density at radius 1 is 1.47 bits per heavy atom. The molecule has 0 amide bonds. The molecule has 5 heteroatoms. The van der Waals surface area contributed by atoms with Crippen molar-refractivity contribution in [2.75, 3.05) is 13.7 Å². The first-order chi connectivity index (χ1) is 9.10. The summed E-state index contributed by atoms with van der Waals surface area (Å²) >= 11 is 0. The van der Waals surface area contributed by atoms with E-state index in [9.17, 15) is 4.79 Å². The van der Waals surface area contributed by atoms with Crippen LogP contribution in [0, 0.1) is 13.8 Å². The first-order valence-electron chi connectivity index (χ1n) is 6.84. The van der Waals surface area contributed by atoms with Crippen molar-refractivity contribution in [2.45, 2.75) is 52.1 Å². The highest BCUT2D eigenvalue weighted by Crippen LogP contribution is 2.22. The van der Waals surface area contributed by atoms with Crippen molar-refractivity contribution in [2.24, 2.45) is 0 Å². The molecule has 1 atom stereocenters. The minimum atomic E-state index is -0.142. The van der Waals surface area contributed by atoms with Gasteiger partial charge in [0.1, 0.15) is 5.76 Å². The molecule has 0 aromatic carbocycles. The van der Waals surface area contributed by atoms with Crippen molar-refractivity contribution in [3.63, 3.8) is 0 Å². The molecule has 1 aliphatic rings. The van der Waals surface area contributed by atoms with Crippen LogP contribution in [0.2, 0.25) is 0 Å². The Labute approximate surface area is 113 Å². The molecular weight excluding hydrogens is 244 g/mol. The summed E-state index contributed by atoms with van der Waals surface area (Å²) in [7, 11) is 1.44. The highest BCUT2D eigenvalue weighted by Gasteiger charge is 2.26. The Morgan fingerprint density at radius 3 is 2.89 bits per heavy atom. The fourth-order valence-electron chi connectivity index (χ4n) is 2.56. The smallest absolute Gasteiger partial charge is 0.307 e. The third-order valence-corrected chi connectivity index (χ3v) is 3.79. The molecule has 0 spiro atoms. The molecule has 1 aromatic heterocycles. The molecule has 106 valence electrons. The third-order valence-electron chi connectivity index (χ3n) is 3.79. The summed E-state index contributed by atoms with van der Waals surface area (Å²) in [4.78, 5) is 18.1. The van der Waals surface area contributed by atoms with Crippen molar-refractivity contribution >= 4 is 5.97 Å². The number of carbonyl (C=O) groups is 1. The molecule has 0 saturated carbocycles. The molecule has 1 aliphatic heterocycles. The molecule has 0 radical (unpaired) electrons. The van der Waals surface area contributed by atoms with Gasteiger partial charge >= 0.3 is 5.97 Å². The van der Waals surface area contributed by atoms with E-state index in [0.29, 0.717) is 13.0 Å². The average Bonchev–Trinajstić information content (AvgIpc) is 2.70. The van der Waals surface area contributed by atoms with Crippen LogP contribution in [-0.4, -0.2) is 35.5 Å². The molecule has 0 aliphatic carbocycles. The number of likely N-dealkylation sites (tertiary alicyclic amines) is 1. The number of esters is 1. The van der Waals surface area contributed by atoms with Crippen LogP contribution in [0.5, 0.6) is 0 Å². The van der Waals surface area contributed by atoms with Crippen LogP contribution in [0.3, 0.4) is 0 Å². The monoisotopic (exact) mass is 266 g/mol. The van der Waals surface area contributed by atoms with Crippen molar-refractivity contribution in [3.8, 4) is 0 Å². The molecule has 0 N–H and O–H groups in total. The second-order valence-electron chi connectivity index (χ2n) is 5.15. The highest BCUT2D eigenvalue weighted by molar-refractivity contribution is 5.69. The van der Waals surface area contributed by atoms with Gasteiger partial charge in [-0.3, -0.25) is 9.69 Å². The SMILES string of the molecule is COC(=O)CC1CCCCN1Cc1nc(C)c(C)o1. The van der Waals surface area contributed by atoms with Crippen LogP contribution in [0.4, 0.5) is 0 Å². The van der Waals surface area contributed by atoms with E-state index in [1.807, 2.05) is 13.8 Å². The van der Waals surface area contributed by atoms with Crippen LogP contribution in [0.15, 0.2) is 4.42 Å². The van der Waals surface area contributed by atoms with Crippen LogP contribution < -0.4 is 0 Å². The standard InChI is InChI=1S/C14H22N2O3/c1-10-11(2)19-13(15-10)9-16-7-5-4-6-12(16)8-14(17)18-3/h12H,4-9H2,1-3H3. The summed E-state index contributed by atoms with van der Waals surface area (Å²) in [6.45, 7) is 5.54. The number of hydrogen-bond donors (Lipinski definition) is 0. The van der Waals surface area contributed by atoms with E-state index in [-0.39, 0.29) is 12.0 Å².